The molecule has 9 rings (SSSR count). The molecule has 3 heterocycles. The average Bonchev–Trinajstić information content (AvgIpc) is 1.80. The van der Waals surface area contributed by atoms with Gasteiger partial charge in [-0.05, 0) is 138 Å². The van der Waals surface area contributed by atoms with Gasteiger partial charge in [-0.2, -0.15) is 28.2 Å². The third kappa shape index (κ3) is 24.6. The average molecular weight is 1430 g/mol. The molecule has 3 aromatic heterocycles. The molecule has 0 fully saturated rings. The molecule has 9 aromatic rings. The number of rotatable bonds is 35. The Morgan fingerprint density at radius 2 is 0.566 bits per heavy atom. The first-order valence-corrected chi connectivity index (χ1v) is 36.0. The van der Waals surface area contributed by atoms with Crippen molar-refractivity contribution in [3.63, 3.8) is 0 Å². The predicted octanol–water partition coefficient (Wildman–Crippen LogP) is 7.56. The quantitative estimate of drug-likeness (QED) is 0.0298. The van der Waals surface area contributed by atoms with Gasteiger partial charge >= 0.3 is 0 Å². The van der Waals surface area contributed by atoms with Crippen molar-refractivity contribution in [3.05, 3.63) is 216 Å². The van der Waals surface area contributed by atoms with E-state index in [4.69, 9.17) is 48.8 Å². The molecule has 0 aliphatic carbocycles. The summed E-state index contributed by atoms with van der Waals surface area (Å²) < 4.78 is 120. The lowest BCUT2D eigenvalue weighted by atomic mass is 10.2. The van der Waals surface area contributed by atoms with Gasteiger partial charge in [0.1, 0.15) is 34.5 Å². The summed E-state index contributed by atoms with van der Waals surface area (Å²) in [7, 11) is -0.211. The summed E-state index contributed by atoms with van der Waals surface area (Å²) in [5.74, 6) is 4.21. The van der Waals surface area contributed by atoms with Crippen molar-refractivity contribution in [1.29, 1.82) is 0 Å². The van der Waals surface area contributed by atoms with Crippen LogP contribution in [0.2, 0.25) is 0 Å². The first-order valence-electron chi connectivity index (χ1n) is 31.7. The molecule has 536 valence electrons. The van der Waals surface area contributed by atoms with E-state index in [0.717, 1.165) is 46.2 Å². The zero-order valence-electron chi connectivity index (χ0n) is 57.2. The molecular weight excluding hydrogens is 1330 g/mol. The summed E-state index contributed by atoms with van der Waals surface area (Å²) in [6.07, 6.45) is 6.79. The van der Waals surface area contributed by atoms with Gasteiger partial charge in [-0.25, -0.2) is 25.3 Å². The van der Waals surface area contributed by atoms with E-state index in [0.29, 0.717) is 60.7 Å². The number of nitrogens with zero attached hydrogens (tertiary/aromatic N) is 10. The number of hydrogen-bond acceptors (Lipinski definition) is 20. The molecule has 0 radical (unpaired) electrons. The number of sulfonamides is 3. The largest absolute Gasteiger partial charge is 0.497 e. The number of unbranched alkanes of at least 4 members (excludes halogenated alkanes) is 1. The molecule has 0 unspecified atom stereocenters. The monoisotopic (exact) mass is 1420 g/mol. The molecule has 99 heavy (non-hydrogen) atoms. The second-order valence-corrected chi connectivity index (χ2v) is 27.9. The number of likely N-dealkylation sites (N-methyl/N-ethyl adjacent to an activating group) is 1. The lowest BCUT2D eigenvalue weighted by molar-refractivity contribution is 0.215. The highest BCUT2D eigenvalue weighted by molar-refractivity contribution is 7.89. The molecule has 29 heteroatoms. The SMILES string of the molecule is CCCCO.COc1ccc(CN(Cc2ccc(OC)cc2)S(=O)(=O)c2ccn(CCN(C)CCO)n2)cc1.COc1ccc(CN(Cc2ccc(OC)cc2)S(=O)(=O)c2ccn(CCO)n2)cc1.COc1ccc(CN(Cc2ccc(OC)cc2)S(=O)(=O)c2ccn(CCO)n2)cc1. The Balaban J connectivity index is 0.000000226. The van der Waals surface area contributed by atoms with E-state index in [1.54, 1.807) is 114 Å². The summed E-state index contributed by atoms with van der Waals surface area (Å²) >= 11 is 0. The van der Waals surface area contributed by atoms with Crippen molar-refractivity contribution >= 4 is 30.1 Å². The van der Waals surface area contributed by atoms with Gasteiger partial charge in [0.15, 0.2) is 15.1 Å². The predicted molar refractivity (Wildman–Crippen MR) is 375 cm³/mol. The Kier molecular flexibility index (Phi) is 32.3. The molecule has 0 aliphatic heterocycles. The van der Waals surface area contributed by atoms with Crippen LogP contribution in [0.3, 0.4) is 0 Å². The van der Waals surface area contributed by atoms with Gasteiger partial charge in [0.25, 0.3) is 30.1 Å². The first-order chi connectivity index (χ1) is 47.7. The van der Waals surface area contributed by atoms with E-state index < -0.39 is 30.1 Å². The minimum atomic E-state index is -3.87. The second kappa shape index (κ2) is 40.4. The Hall–Kier alpha value is -8.72. The van der Waals surface area contributed by atoms with E-state index in [9.17, 15) is 25.3 Å². The molecule has 0 aliphatic rings. The highest BCUT2D eigenvalue weighted by Gasteiger charge is 2.31. The van der Waals surface area contributed by atoms with E-state index >= 15 is 0 Å². The van der Waals surface area contributed by atoms with Gasteiger partial charge in [0, 0.05) is 77.6 Å². The van der Waals surface area contributed by atoms with Crippen LogP contribution in [0.15, 0.2) is 197 Å². The summed E-state index contributed by atoms with van der Waals surface area (Å²) in [5, 5.41) is 47.7. The van der Waals surface area contributed by atoms with Crippen LogP contribution in [-0.4, -0.2) is 182 Å². The standard InChI is InChI=1S/C24H32N4O5S.2C21H25N3O5S.C4H10O/c1-26(16-17-29)14-15-27-13-12-24(25-27)34(30,31)28(18-20-4-8-22(32-2)9-5-20)19-21-6-10-23(33-3)11-7-21;2*1-28-19-7-3-17(4-8-19)15-24(16-18-5-9-20(29-2)10-6-18)30(26,27)21-11-12-23(22-21)13-14-25;1-2-3-4-5/h4-13,29H,14-19H2,1-3H3;2*3-12,25H,13-16H2,1-2H3;5H,2-4H2,1H3. The van der Waals surface area contributed by atoms with Gasteiger partial charge in [-0.3, -0.25) is 14.0 Å². The molecular formula is C70H92N10O16S3. The topological polar surface area (TPSA) is 305 Å². The van der Waals surface area contributed by atoms with Crippen LogP contribution in [0.25, 0.3) is 0 Å². The second-order valence-electron chi connectivity index (χ2n) is 22.2. The molecule has 6 aromatic carbocycles. The lowest BCUT2D eigenvalue weighted by Crippen LogP contribution is -2.31. The molecule has 0 atom stereocenters. The van der Waals surface area contributed by atoms with Crippen LogP contribution in [0.4, 0.5) is 0 Å². The zero-order chi connectivity index (χ0) is 71.8. The summed E-state index contributed by atoms with van der Waals surface area (Å²) in [6, 6.07) is 48.1. The van der Waals surface area contributed by atoms with Crippen LogP contribution in [-0.2, 0) is 89.0 Å². The number of ether oxygens (including phenoxy) is 6. The molecule has 26 nitrogen and oxygen atoms in total. The number of aliphatic hydroxyl groups excluding tert-OH is 4. The van der Waals surface area contributed by atoms with Crippen molar-refractivity contribution < 1.29 is 74.1 Å². The fourth-order valence-electron chi connectivity index (χ4n) is 9.42. The zero-order valence-corrected chi connectivity index (χ0v) is 59.7. The molecule has 0 saturated carbocycles. The fraction of sp³-hybridized carbons (Fsp3) is 0.357. The maximum Gasteiger partial charge on any atom is 0.262 e. The Labute approximate surface area is 581 Å². The minimum Gasteiger partial charge on any atom is -0.497 e. The van der Waals surface area contributed by atoms with Crippen molar-refractivity contribution in [2.24, 2.45) is 0 Å². The summed E-state index contributed by atoms with van der Waals surface area (Å²) in [4.78, 5) is 1.95. The third-order valence-corrected chi connectivity index (χ3v) is 20.2. The highest BCUT2D eigenvalue weighted by Crippen LogP contribution is 2.27. The molecule has 0 spiro atoms. The Morgan fingerprint density at radius 3 is 0.747 bits per heavy atom. The van der Waals surface area contributed by atoms with Crippen LogP contribution in [0.5, 0.6) is 34.5 Å². The number of benzene rings is 6. The van der Waals surface area contributed by atoms with E-state index in [1.807, 2.05) is 109 Å². The molecule has 0 amide bonds. The van der Waals surface area contributed by atoms with E-state index in [-0.39, 0.29) is 87.3 Å². The van der Waals surface area contributed by atoms with Crippen molar-refractivity contribution in [3.8, 4) is 34.5 Å². The first kappa shape index (κ1) is 79.3. The smallest absolute Gasteiger partial charge is 0.262 e. The van der Waals surface area contributed by atoms with Crippen LogP contribution in [0, 0.1) is 0 Å². The molecule has 0 saturated heterocycles. The normalized spacial score (nSPS) is 11.5. The number of methoxy groups -OCH3 is 6. The number of aliphatic hydroxyl groups is 4. The summed E-state index contributed by atoms with van der Waals surface area (Å²) in [6.45, 7) is 5.44. The van der Waals surface area contributed by atoms with Crippen molar-refractivity contribution in [2.45, 2.75) is 93.7 Å². The third-order valence-electron chi connectivity index (χ3n) is 15.1. The van der Waals surface area contributed by atoms with Crippen molar-refractivity contribution in [2.75, 3.05) is 89.2 Å². The van der Waals surface area contributed by atoms with Crippen LogP contribution >= 0.6 is 0 Å². The maximum atomic E-state index is 13.6. The number of hydrogen-bond donors (Lipinski definition) is 4. The summed E-state index contributed by atoms with van der Waals surface area (Å²) in [5.41, 5.74) is 4.96. The van der Waals surface area contributed by atoms with Crippen LogP contribution in [0.1, 0.15) is 53.1 Å². The maximum absolute atomic E-state index is 13.6. The lowest BCUT2D eigenvalue weighted by Gasteiger charge is -2.22. The van der Waals surface area contributed by atoms with E-state index in [2.05, 4.69) is 22.2 Å². The minimum absolute atomic E-state index is 0.000616. The van der Waals surface area contributed by atoms with E-state index in [1.165, 1.54) is 40.5 Å². The highest BCUT2D eigenvalue weighted by atomic mass is 32.2. The molecule has 4 N–H and O–H groups in total. The van der Waals surface area contributed by atoms with Gasteiger partial charge in [-0.15, -0.1) is 0 Å². The molecule has 0 bridgehead atoms. The van der Waals surface area contributed by atoms with Gasteiger partial charge in [0.05, 0.1) is 82.1 Å². The van der Waals surface area contributed by atoms with Gasteiger partial charge in [-0.1, -0.05) is 86.1 Å². The van der Waals surface area contributed by atoms with Crippen LogP contribution < -0.4 is 28.4 Å². The Bertz CT molecular complexity index is 3800. The Morgan fingerprint density at radius 1 is 0.333 bits per heavy atom. The fourth-order valence-corrected chi connectivity index (χ4v) is 13.4. The van der Waals surface area contributed by atoms with Gasteiger partial charge < -0.3 is 53.7 Å². The van der Waals surface area contributed by atoms with Crippen molar-refractivity contribution in [1.82, 2.24) is 47.2 Å². The number of aromatic nitrogens is 6. The van der Waals surface area contributed by atoms with Gasteiger partial charge in [0.2, 0.25) is 0 Å².